The van der Waals surface area contributed by atoms with E-state index in [1.165, 1.54) is 0 Å². The van der Waals surface area contributed by atoms with E-state index in [0.717, 1.165) is 11.1 Å². The number of carbonyl (C=O) groups is 2. The first-order valence-corrected chi connectivity index (χ1v) is 9.76. The Hall–Kier alpha value is -2.04. The van der Waals surface area contributed by atoms with Gasteiger partial charge in [0, 0.05) is 25.9 Å². The molecule has 0 heterocycles. The summed E-state index contributed by atoms with van der Waals surface area (Å²) < 4.78 is 0. The second-order valence-electron chi connectivity index (χ2n) is 6.22. The minimum Gasteiger partial charge on any atom is -0.355 e. The zero-order valence-corrected chi connectivity index (χ0v) is 17.1. The Labute approximate surface area is 170 Å². The number of nitrogens with one attached hydrogen (secondary N) is 1. The van der Waals surface area contributed by atoms with Crippen LogP contribution in [-0.2, 0) is 22.6 Å². The van der Waals surface area contributed by atoms with Gasteiger partial charge in [0.1, 0.15) is 6.04 Å². The van der Waals surface area contributed by atoms with Crippen LogP contribution in [0.3, 0.4) is 0 Å². The van der Waals surface area contributed by atoms with Crippen molar-refractivity contribution in [3.8, 4) is 0 Å². The zero-order chi connectivity index (χ0) is 19.8. The molecule has 0 aromatic heterocycles. The number of hydrogen-bond donors (Lipinski definition) is 1. The van der Waals surface area contributed by atoms with Gasteiger partial charge in [-0.25, -0.2) is 0 Å². The molecule has 2 rings (SSSR count). The number of rotatable bonds is 8. The lowest BCUT2D eigenvalue weighted by Gasteiger charge is -2.31. The quantitative estimate of drug-likeness (QED) is 0.702. The van der Waals surface area contributed by atoms with Crippen molar-refractivity contribution < 1.29 is 9.59 Å². The molecular weight excluding hydrogens is 383 g/mol. The van der Waals surface area contributed by atoms with Crippen molar-refractivity contribution >= 4 is 35.0 Å². The molecule has 144 valence electrons. The fourth-order valence-electron chi connectivity index (χ4n) is 2.88. The molecule has 2 amide bonds. The van der Waals surface area contributed by atoms with Crippen molar-refractivity contribution in [1.29, 1.82) is 0 Å². The van der Waals surface area contributed by atoms with Gasteiger partial charge in [-0.3, -0.25) is 9.59 Å². The summed E-state index contributed by atoms with van der Waals surface area (Å²) in [6.45, 7) is 4.45. The maximum Gasteiger partial charge on any atom is 0.243 e. The van der Waals surface area contributed by atoms with Gasteiger partial charge in [0.2, 0.25) is 11.8 Å². The lowest BCUT2D eigenvalue weighted by Crippen LogP contribution is -2.50. The van der Waals surface area contributed by atoms with E-state index in [1.807, 2.05) is 43.3 Å². The number of benzene rings is 2. The molecule has 0 spiro atoms. The smallest absolute Gasteiger partial charge is 0.243 e. The van der Waals surface area contributed by atoms with Crippen molar-refractivity contribution in [1.82, 2.24) is 10.2 Å². The van der Waals surface area contributed by atoms with E-state index >= 15 is 0 Å². The van der Waals surface area contributed by atoms with E-state index in [1.54, 1.807) is 24.0 Å². The average molecular weight is 407 g/mol. The summed E-state index contributed by atoms with van der Waals surface area (Å²) in [5, 5.41) is 3.73. The molecule has 1 N–H and O–H groups in total. The van der Waals surface area contributed by atoms with Gasteiger partial charge in [0.25, 0.3) is 0 Å². The summed E-state index contributed by atoms with van der Waals surface area (Å²) >= 11 is 12.1. The van der Waals surface area contributed by atoms with Crippen molar-refractivity contribution in [2.45, 2.75) is 39.3 Å². The molecule has 1 atom stereocenters. The predicted molar refractivity (Wildman–Crippen MR) is 110 cm³/mol. The molecule has 0 radical (unpaired) electrons. The summed E-state index contributed by atoms with van der Waals surface area (Å²) in [6.07, 6.45) is 0.756. The second-order valence-corrected chi connectivity index (χ2v) is 7.04. The van der Waals surface area contributed by atoms with Gasteiger partial charge >= 0.3 is 0 Å². The molecule has 2 aromatic carbocycles. The molecule has 0 fully saturated rings. The van der Waals surface area contributed by atoms with E-state index in [0.29, 0.717) is 29.4 Å². The number of amides is 2. The molecule has 0 aliphatic carbocycles. The molecule has 0 aliphatic rings. The lowest BCUT2D eigenvalue weighted by atomic mass is 10.0. The molecule has 0 saturated heterocycles. The van der Waals surface area contributed by atoms with E-state index in [9.17, 15) is 9.59 Å². The first-order chi connectivity index (χ1) is 13.0. The van der Waals surface area contributed by atoms with Gasteiger partial charge in [-0.15, -0.1) is 0 Å². The van der Waals surface area contributed by atoms with Gasteiger partial charge in [0.05, 0.1) is 10.0 Å². The molecule has 0 bridgehead atoms. The standard InChI is InChI=1S/C21H24Cl2N2O2/c1-3-20(26)25(14-16-10-11-17(22)18(23)12-16)19(21(27)24-4-2)13-15-8-6-5-7-9-15/h5-12,19H,3-4,13-14H2,1-2H3,(H,24,27). The third-order valence-corrected chi connectivity index (χ3v) is 5.00. The maximum absolute atomic E-state index is 12.8. The highest BCUT2D eigenvalue weighted by atomic mass is 35.5. The third kappa shape index (κ3) is 5.98. The molecule has 2 aromatic rings. The fourth-order valence-corrected chi connectivity index (χ4v) is 3.20. The Kier molecular flexibility index (Phi) is 8.14. The third-order valence-electron chi connectivity index (χ3n) is 4.26. The number of likely N-dealkylation sites (N-methyl/N-ethyl adjacent to an activating group) is 1. The SMILES string of the molecule is CCNC(=O)C(Cc1ccccc1)N(Cc1ccc(Cl)c(Cl)c1)C(=O)CC. The van der Waals surface area contributed by atoms with Crippen molar-refractivity contribution in [3.63, 3.8) is 0 Å². The van der Waals surface area contributed by atoms with Gasteiger partial charge in [-0.1, -0.05) is 66.5 Å². The Bertz CT molecular complexity index is 781. The van der Waals surface area contributed by atoms with Crippen LogP contribution in [0.1, 0.15) is 31.4 Å². The number of carbonyl (C=O) groups excluding carboxylic acids is 2. The van der Waals surface area contributed by atoms with Crippen LogP contribution >= 0.6 is 23.2 Å². The normalized spacial score (nSPS) is 11.7. The number of nitrogens with zero attached hydrogens (tertiary/aromatic N) is 1. The molecule has 0 aliphatic heterocycles. The van der Waals surface area contributed by atoms with E-state index < -0.39 is 6.04 Å². The van der Waals surface area contributed by atoms with Crippen molar-refractivity contribution in [2.24, 2.45) is 0 Å². The highest BCUT2D eigenvalue weighted by Gasteiger charge is 2.29. The van der Waals surface area contributed by atoms with Gasteiger partial charge in [-0.05, 0) is 30.2 Å². The molecule has 4 nitrogen and oxygen atoms in total. The van der Waals surface area contributed by atoms with Crippen LogP contribution in [0.5, 0.6) is 0 Å². The molecule has 6 heteroatoms. The molecular formula is C21H24Cl2N2O2. The summed E-state index contributed by atoms with van der Waals surface area (Å²) in [5.41, 5.74) is 1.82. The minimum absolute atomic E-state index is 0.0896. The largest absolute Gasteiger partial charge is 0.355 e. The monoisotopic (exact) mass is 406 g/mol. The lowest BCUT2D eigenvalue weighted by molar-refractivity contribution is -0.141. The Morgan fingerprint density at radius 1 is 1.00 bits per heavy atom. The summed E-state index contributed by atoms with van der Waals surface area (Å²) in [6, 6.07) is 14.3. The fraction of sp³-hybridized carbons (Fsp3) is 0.333. The van der Waals surface area contributed by atoms with Gasteiger partial charge < -0.3 is 10.2 Å². The van der Waals surface area contributed by atoms with E-state index in [-0.39, 0.29) is 18.4 Å². The first kappa shape index (κ1) is 21.3. The van der Waals surface area contributed by atoms with Crippen LogP contribution in [0, 0.1) is 0 Å². The highest BCUT2D eigenvalue weighted by molar-refractivity contribution is 6.42. The Morgan fingerprint density at radius 2 is 1.70 bits per heavy atom. The van der Waals surface area contributed by atoms with Gasteiger partial charge in [0.15, 0.2) is 0 Å². The number of hydrogen-bond acceptors (Lipinski definition) is 2. The topological polar surface area (TPSA) is 49.4 Å². The van der Waals surface area contributed by atoms with E-state index in [2.05, 4.69) is 5.32 Å². The minimum atomic E-state index is -0.603. The van der Waals surface area contributed by atoms with Crippen LogP contribution in [0.2, 0.25) is 10.0 Å². The summed E-state index contributed by atoms with van der Waals surface area (Å²) in [7, 11) is 0. The van der Waals surface area contributed by atoms with E-state index in [4.69, 9.17) is 23.2 Å². The van der Waals surface area contributed by atoms with Crippen molar-refractivity contribution in [3.05, 3.63) is 69.7 Å². The molecule has 27 heavy (non-hydrogen) atoms. The maximum atomic E-state index is 12.8. The van der Waals surface area contributed by atoms with Crippen LogP contribution in [0.15, 0.2) is 48.5 Å². The Morgan fingerprint density at radius 3 is 2.30 bits per heavy atom. The Balaban J connectivity index is 2.35. The van der Waals surface area contributed by atoms with Crippen LogP contribution in [0.4, 0.5) is 0 Å². The molecule has 0 saturated carbocycles. The summed E-state index contributed by atoms with van der Waals surface area (Å²) in [5.74, 6) is -0.253. The van der Waals surface area contributed by atoms with Gasteiger partial charge in [-0.2, -0.15) is 0 Å². The van der Waals surface area contributed by atoms with Crippen LogP contribution in [-0.4, -0.2) is 29.3 Å². The predicted octanol–water partition coefficient (Wildman–Crippen LogP) is 4.48. The van der Waals surface area contributed by atoms with Crippen LogP contribution in [0.25, 0.3) is 0 Å². The number of halogens is 2. The summed E-state index contributed by atoms with van der Waals surface area (Å²) in [4.78, 5) is 27.1. The second kappa shape index (κ2) is 10.3. The molecule has 1 unspecified atom stereocenters. The zero-order valence-electron chi connectivity index (χ0n) is 15.5. The van der Waals surface area contributed by atoms with Crippen molar-refractivity contribution in [2.75, 3.05) is 6.54 Å². The van der Waals surface area contributed by atoms with Crippen LogP contribution < -0.4 is 5.32 Å². The first-order valence-electron chi connectivity index (χ1n) is 9.01. The highest BCUT2D eigenvalue weighted by Crippen LogP contribution is 2.24. The average Bonchev–Trinajstić information content (AvgIpc) is 2.67.